The predicted octanol–water partition coefficient (Wildman–Crippen LogP) is 6.05. The van der Waals surface area contributed by atoms with Gasteiger partial charge in [-0.2, -0.15) is 0 Å². The largest absolute Gasteiger partial charge is 0.483 e. The molecular formula is C32H40N2O3. The maximum Gasteiger partial charge on any atom is 0.261 e. The van der Waals surface area contributed by atoms with Crippen LogP contribution < -0.4 is 10.1 Å². The lowest BCUT2D eigenvalue weighted by Gasteiger charge is -2.32. The van der Waals surface area contributed by atoms with Gasteiger partial charge < -0.3 is 15.0 Å². The van der Waals surface area contributed by atoms with E-state index in [1.807, 2.05) is 85.8 Å². The first-order valence-corrected chi connectivity index (χ1v) is 13.3. The first-order valence-electron chi connectivity index (χ1n) is 13.3. The number of hydrogen-bond donors (Lipinski definition) is 1. The Morgan fingerprint density at radius 1 is 0.919 bits per heavy atom. The molecular weight excluding hydrogens is 460 g/mol. The third-order valence-corrected chi connectivity index (χ3v) is 6.59. The quantitative estimate of drug-likeness (QED) is 0.291. The molecule has 5 heteroatoms. The molecule has 0 heterocycles. The van der Waals surface area contributed by atoms with Gasteiger partial charge in [-0.25, -0.2) is 0 Å². The van der Waals surface area contributed by atoms with Gasteiger partial charge in [-0.3, -0.25) is 9.59 Å². The molecule has 0 fully saturated rings. The Hall–Kier alpha value is -3.60. The van der Waals surface area contributed by atoms with Crippen LogP contribution in [-0.4, -0.2) is 35.9 Å². The van der Waals surface area contributed by atoms with Gasteiger partial charge >= 0.3 is 0 Å². The number of nitrogens with zero attached hydrogens (tertiary/aromatic N) is 1. The third-order valence-electron chi connectivity index (χ3n) is 6.59. The molecule has 0 radical (unpaired) electrons. The zero-order valence-electron chi connectivity index (χ0n) is 22.6. The Bertz CT molecular complexity index is 1140. The maximum atomic E-state index is 13.8. The van der Waals surface area contributed by atoms with Crippen LogP contribution in [0.3, 0.4) is 0 Å². The van der Waals surface area contributed by atoms with Crippen molar-refractivity contribution in [1.82, 2.24) is 10.2 Å². The number of hydrogen-bond acceptors (Lipinski definition) is 3. The minimum atomic E-state index is -0.657. The number of nitrogens with one attached hydrogen (secondary N) is 1. The molecule has 0 aliphatic heterocycles. The highest BCUT2D eigenvalue weighted by molar-refractivity contribution is 5.88. The van der Waals surface area contributed by atoms with E-state index in [-0.39, 0.29) is 24.3 Å². The number of benzene rings is 3. The van der Waals surface area contributed by atoms with Crippen molar-refractivity contribution in [2.24, 2.45) is 0 Å². The number of amides is 2. The van der Waals surface area contributed by atoms with E-state index in [9.17, 15) is 9.59 Å². The van der Waals surface area contributed by atoms with Crippen LogP contribution in [0.2, 0.25) is 0 Å². The maximum absolute atomic E-state index is 13.8. The highest BCUT2D eigenvalue weighted by atomic mass is 16.5. The van der Waals surface area contributed by atoms with Crippen LogP contribution in [0.4, 0.5) is 0 Å². The second-order valence-electron chi connectivity index (χ2n) is 9.78. The van der Waals surface area contributed by atoms with Crippen molar-refractivity contribution in [1.29, 1.82) is 0 Å². The standard InChI is InChI=1S/C32H40N2O3/c1-5-6-20-33-32(36)29(21-26-15-8-7-9-16-26)34(22-27-17-11-10-14-25(27)4)31(35)23-37-30-19-13-12-18-28(30)24(2)3/h7-19,24,29H,5-6,20-23H2,1-4H3,(H,33,36)/t29-/m0/s1. The second-order valence-corrected chi connectivity index (χ2v) is 9.78. The molecule has 1 atom stereocenters. The molecule has 3 aromatic rings. The van der Waals surface area contributed by atoms with Crippen LogP contribution in [0.25, 0.3) is 0 Å². The summed E-state index contributed by atoms with van der Waals surface area (Å²) in [5.74, 6) is 0.619. The first-order chi connectivity index (χ1) is 17.9. The average molecular weight is 501 g/mol. The minimum absolute atomic E-state index is 0.136. The fraction of sp³-hybridized carbons (Fsp3) is 0.375. The Morgan fingerprint density at radius 3 is 2.30 bits per heavy atom. The molecule has 0 bridgehead atoms. The van der Waals surface area contributed by atoms with Crippen molar-refractivity contribution in [3.05, 3.63) is 101 Å². The molecule has 0 unspecified atom stereocenters. The van der Waals surface area contributed by atoms with Gasteiger partial charge in [0, 0.05) is 19.5 Å². The lowest BCUT2D eigenvalue weighted by Crippen LogP contribution is -2.52. The summed E-state index contributed by atoms with van der Waals surface area (Å²) in [6.07, 6.45) is 2.31. The van der Waals surface area contributed by atoms with E-state index in [1.54, 1.807) is 4.90 Å². The van der Waals surface area contributed by atoms with Crippen molar-refractivity contribution >= 4 is 11.8 Å². The monoisotopic (exact) mass is 500 g/mol. The number of ether oxygens (including phenoxy) is 1. The molecule has 196 valence electrons. The van der Waals surface area contributed by atoms with Crippen molar-refractivity contribution in [3.63, 3.8) is 0 Å². The summed E-state index contributed by atoms with van der Waals surface area (Å²) in [7, 11) is 0. The van der Waals surface area contributed by atoms with Gasteiger partial charge in [-0.1, -0.05) is 100.0 Å². The number of para-hydroxylation sites is 1. The van der Waals surface area contributed by atoms with Crippen LogP contribution in [-0.2, 0) is 22.6 Å². The van der Waals surface area contributed by atoms with Crippen LogP contribution in [0.1, 0.15) is 61.8 Å². The highest BCUT2D eigenvalue weighted by Gasteiger charge is 2.31. The zero-order valence-corrected chi connectivity index (χ0v) is 22.6. The lowest BCUT2D eigenvalue weighted by molar-refractivity contribution is -0.142. The minimum Gasteiger partial charge on any atom is -0.483 e. The van der Waals surface area contributed by atoms with Crippen molar-refractivity contribution < 1.29 is 14.3 Å². The molecule has 0 aliphatic rings. The molecule has 0 saturated carbocycles. The summed E-state index contributed by atoms with van der Waals surface area (Å²) in [5.41, 5.74) is 4.15. The lowest BCUT2D eigenvalue weighted by atomic mass is 10.0. The van der Waals surface area contributed by atoms with Crippen molar-refractivity contribution in [2.75, 3.05) is 13.2 Å². The van der Waals surface area contributed by atoms with Gasteiger partial charge in [0.2, 0.25) is 5.91 Å². The van der Waals surface area contributed by atoms with Crippen LogP contribution in [0, 0.1) is 6.92 Å². The second kappa shape index (κ2) is 14.2. The first kappa shape index (κ1) is 28.0. The fourth-order valence-corrected chi connectivity index (χ4v) is 4.34. The summed E-state index contributed by atoms with van der Waals surface area (Å²) < 4.78 is 6.06. The number of carbonyl (C=O) groups excluding carboxylic acids is 2. The van der Waals surface area contributed by atoms with E-state index in [0.29, 0.717) is 25.3 Å². The van der Waals surface area contributed by atoms with E-state index < -0.39 is 6.04 Å². The summed E-state index contributed by atoms with van der Waals surface area (Å²) >= 11 is 0. The topological polar surface area (TPSA) is 58.6 Å². The number of rotatable bonds is 13. The summed E-state index contributed by atoms with van der Waals surface area (Å²) in [6, 6.07) is 25.0. The summed E-state index contributed by atoms with van der Waals surface area (Å²) in [5, 5.41) is 3.06. The average Bonchev–Trinajstić information content (AvgIpc) is 2.91. The Morgan fingerprint density at radius 2 is 1.59 bits per heavy atom. The molecule has 0 spiro atoms. The molecule has 37 heavy (non-hydrogen) atoms. The summed E-state index contributed by atoms with van der Waals surface area (Å²) in [4.78, 5) is 29.0. The molecule has 0 aliphatic carbocycles. The molecule has 0 saturated heterocycles. The van der Waals surface area contributed by atoms with Gasteiger partial charge in [0.05, 0.1) is 0 Å². The normalized spacial score (nSPS) is 11.7. The number of carbonyl (C=O) groups is 2. The zero-order chi connectivity index (χ0) is 26.6. The Kier molecular flexibility index (Phi) is 10.8. The fourth-order valence-electron chi connectivity index (χ4n) is 4.34. The molecule has 5 nitrogen and oxygen atoms in total. The van der Waals surface area contributed by atoms with E-state index in [1.165, 1.54) is 0 Å². The SMILES string of the molecule is CCCCNC(=O)[C@H](Cc1ccccc1)N(Cc1ccccc1C)C(=O)COc1ccccc1C(C)C. The van der Waals surface area contributed by atoms with E-state index in [0.717, 1.165) is 35.1 Å². The molecule has 0 aromatic heterocycles. The molecule has 3 rings (SSSR count). The summed E-state index contributed by atoms with van der Waals surface area (Å²) in [6.45, 7) is 9.11. The van der Waals surface area contributed by atoms with Crippen LogP contribution in [0.5, 0.6) is 5.75 Å². The van der Waals surface area contributed by atoms with Gasteiger partial charge in [0.25, 0.3) is 5.91 Å². The molecule has 1 N–H and O–H groups in total. The van der Waals surface area contributed by atoms with E-state index in [4.69, 9.17) is 4.74 Å². The van der Waals surface area contributed by atoms with Gasteiger partial charge in [-0.15, -0.1) is 0 Å². The number of unbranched alkanes of at least 4 members (excludes halogenated alkanes) is 1. The van der Waals surface area contributed by atoms with Gasteiger partial charge in [0.1, 0.15) is 11.8 Å². The van der Waals surface area contributed by atoms with E-state index in [2.05, 4.69) is 26.1 Å². The van der Waals surface area contributed by atoms with Gasteiger partial charge in [-0.05, 0) is 47.6 Å². The molecule has 2 amide bonds. The predicted molar refractivity (Wildman–Crippen MR) is 150 cm³/mol. The highest BCUT2D eigenvalue weighted by Crippen LogP contribution is 2.26. The van der Waals surface area contributed by atoms with Gasteiger partial charge in [0.15, 0.2) is 6.61 Å². The van der Waals surface area contributed by atoms with Crippen molar-refractivity contribution in [2.45, 2.75) is 65.5 Å². The molecule has 3 aromatic carbocycles. The number of aryl methyl sites for hydroxylation is 1. The van der Waals surface area contributed by atoms with Crippen LogP contribution >= 0.6 is 0 Å². The van der Waals surface area contributed by atoms with E-state index >= 15 is 0 Å². The Labute approximate surface area is 221 Å². The Balaban J connectivity index is 1.92. The van der Waals surface area contributed by atoms with Crippen LogP contribution in [0.15, 0.2) is 78.9 Å². The smallest absolute Gasteiger partial charge is 0.261 e. The van der Waals surface area contributed by atoms with Crippen molar-refractivity contribution in [3.8, 4) is 5.75 Å². The third kappa shape index (κ3) is 8.21.